The first-order valence-corrected chi connectivity index (χ1v) is 13.2. The molecule has 7 nitrogen and oxygen atoms in total. The third-order valence-electron chi connectivity index (χ3n) is 5.58. The van der Waals surface area contributed by atoms with Crippen LogP contribution in [0.3, 0.4) is 0 Å². The van der Waals surface area contributed by atoms with Gasteiger partial charge in [-0.3, -0.25) is 9.59 Å². The van der Waals surface area contributed by atoms with Crippen LogP contribution in [0.2, 0.25) is 0 Å². The molecule has 0 unspecified atom stereocenters. The molecule has 0 radical (unpaired) electrons. The average Bonchev–Trinajstić information content (AvgIpc) is 3.15. The van der Waals surface area contributed by atoms with Crippen LogP contribution in [0.1, 0.15) is 22.3 Å². The molecule has 3 aromatic rings. The molecule has 0 spiro atoms. The van der Waals surface area contributed by atoms with Crippen LogP contribution in [0.5, 0.6) is 5.75 Å². The summed E-state index contributed by atoms with van der Waals surface area (Å²) >= 11 is 3.32. The van der Waals surface area contributed by atoms with E-state index in [4.69, 9.17) is 4.74 Å². The van der Waals surface area contributed by atoms with Crippen molar-refractivity contribution in [1.82, 2.24) is 10.6 Å². The number of hydrogen-bond acceptors (Lipinski definition) is 5. The summed E-state index contributed by atoms with van der Waals surface area (Å²) in [5, 5.41) is 5.43. The molecule has 35 heavy (non-hydrogen) atoms. The summed E-state index contributed by atoms with van der Waals surface area (Å²) in [7, 11) is -2.23. The second kappa shape index (κ2) is 10.5. The quantitative estimate of drug-likeness (QED) is 0.406. The van der Waals surface area contributed by atoms with Crippen LogP contribution < -0.4 is 15.4 Å². The third kappa shape index (κ3) is 5.16. The monoisotopic (exact) mass is 554 g/mol. The van der Waals surface area contributed by atoms with E-state index in [1.165, 1.54) is 12.1 Å². The summed E-state index contributed by atoms with van der Waals surface area (Å²) in [6.07, 6.45) is 1.82. The number of methoxy groups -OCH3 is 1. The number of hydrogen-bond donors (Lipinski definition) is 2. The normalized spacial score (nSPS) is 13.5. The van der Waals surface area contributed by atoms with E-state index in [1.807, 2.05) is 36.4 Å². The van der Waals surface area contributed by atoms with Gasteiger partial charge >= 0.3 is 0 Å². The maximum Gasteiger partial charge on any atom is 0.263 e. The maximum atomic E-state index is 12.6. The Morgan fingerprint density at radius 2 is 1.57 bits per heavy atom. The minimum absolute atomic E-state index is 0.112. The summed E-state index contributed by atoms with van der Waals surface area (Å²) < 4.78 is 31.3. The standard InChI is InChI=1S/C26H23BrN2O5S/c1-34-22-8-3-2-6-19(22)17-10-12-18(13-11-17)25(30)28-14-5-15-29-26(31)24-16-20-21(27)7-4-9-23(20)35(24,32)33/h2-4,6-13,16H,5,14-15H2,1H3,(H,28,30)(H,29,31). The first kappa shape index (κ1) is 24.7. The van der Waals surface area contributed by atoms with Crippen LogP contribution >= 0.6 is 15.9 Å². The Labute approximate surface area is 212 Å². The smallest absolute Gasteiger partial charge is 0.263 e. The Balaban J connectivity index is 1.27. The fourth-order valence-electron chi connectivity index (χ4n) is 3.77. The Kier molecular flexibility index (Phi) is 7.37. The first-order valence-electron chi connectivity index (χ1n) is 10.9. The number of para-hydroxylation sites is 1. The van der Waals surface area contributed by atoms with E-state index in [-0.39, 0.29) is 22.3 Å². The van der Waals surface area contributed by atoms with Crippen LogP contribution in [0.25, 0.3) is 17.2 Å². The lowest BCUT2D eigenvalue weighted by atomic mass is 10.0. The summed E-state index contributed by atoms with van der Waals surface area (Å²) in [6, 6.07) is 19.7. The zero-order chi connectivity index (χ0) is 25.0. The zero-order valence-corrected chi connectivity index (χ0v) is 21.3. The maximum absolute atomic E-state index is 12.6. The Morgan fingerprint density at radius 1 is 0.886 bits per heavy atom. The largest absolute Gasteiger partial charge is 0.496 e. The van der Waals surface area contributed by atoms with Crippen molar-refractivity contribution in [2.75, 3.05) is 20.2 Å². The molecule has 0 aliphatic carbocycles. The van der Waals surface area contributed by atoms with Crippen molar-refractivity contribution < 1.29 is 22.7 Å². The number of fused-ring (bicyclic) bond motifs is 1. The molecule has 0 atom stereocenters. The number of rotatable bonds is 8. The number of nitrogens with one attached hydrogen (secondary N) is 2. The summed E-state index contributed by atoms with van der Waals surface area (Å²) in [6.45, 7) is 0.543. The van der Waals surface area contributed by atoms with Crippen LogP contribution in [0.4, 0.5) is 0 Å². The molecule has 0 saturated carbocycles. The second-order valence-corrected chi connectivity index (χ2v) is 10.5. The number of carbonyl (C=O) groups is 2. The van der Waals surface area contributed by atoms with E-state index in [0.29, 0.717) is 28.6 Å². The molecule has 0 fully saturated rings. The van der Waals surface area contributed by atoms with Gasteiger partial charge in [0.05, 0.1) is 12.0 Å². The minimum Gasteiger partial charge on any atom is -0.496 e. The predicted molar refractivity (Wildman–Crippen MR) is 138 cm³/mol. The van der Waals surface area contributed by atoms with Crippen molar-refractivity contribution >= 4 is 43.7 Å². The average molecular weight is 555 g/mol. The second-order valence-electron chi connectivity index (χ2n) is 7.81. The van der Waals surface area contributed by atoms with Crippen LogP contribution in [-0.2, 0) is 14.6 Å². The molecule has 1 aliphatic heterocycles. The fourth-order valence-corrected chi connectivity index (χ4v) is 5.93. The molecule has 4 rings (SSSR count). The van der Waals surface area contributed by atoms with Gasteiger partial charge in [0, 0.05) is 34.3 Å². The molecule has 2 amide bonds. The highest BCUT2D eigenvalue weighted by Crippen LogP contribution is 2.37. The third-order valence-corrected chi connectivity index (χ3v) is 8.09. The zero-order valence-electron chi connectivity index (χ0n) is 18.9. The van der Waals surface area contributed by atoms with Crippen molar-refractivity contribution in [3.05, 3.63) is 87.2 Å². The molecule has 180 valence electrons. The number of halogens is 1. The highest BCUT2D eigenvalue weighted by Gasteiger charge is 2.34. The van der Waals surface area contributed by atoms with Gasteiger partial charge in [0.2, 0.25) is 9.84 Å². The molecular weight excluding hydrogens is 532 g/mol. The molecule has 0 bridgehead atoms. The summed E-state index contributed by atoms with van der Waals surface area (Å²) in [5.74, 6) is -0.139. The molecule has 0 aromatic heterocycles. The van der Waals surface area contributed by atoms with Crippen molar-refractivity contribution in [3.8, 4) is 16.9 Å². The van der Waals surface area contributed by atoms with Gasteiger partial charge in [-0.2, -0.15) is 0 Å². The van der Waals surface area contributed by atoms with Gasteiger partial charge in [0.1, 0.15) is 10.7 Å². The van der Waals surface area contributed by atoms with Gasteiger partial charge < -0.3 is 15.4 Å². The van der Waals surface area contributed by atoms with Crippen LogP contribution in [0, 0.1) is 0 Å². The van der Waals surface area contributed by atoms with Crippen molar-refractivity contribution in [2.24, 2.45) is 0 Å². The van der Waals surface area contributed by atoms with Crippen molar-refractivity contribution in [2.45, 2.75) is 11.3 Å². The molecule has 1 heterocycles. The van der Waals surface area contributed by atoms with Gasteiger partial charge in [-0.15, -0.1) is 0 Å². The lowest BCUT2D eigenvalue weighted by Gasteiger charge is -2.10. The molecule has 2 N–H and O–H groups in total. The lowest BCUT2D eigenvalue weighted by Crippen LogP contribution is -2.31. The van der Waals surface area contributed by atoms with E-state index in [9.17, 15) is 18.0 Å². The number of carbonyl (C=O) groups excluding carboxylic acids is 2. The molecular formula is C26H23BrN2O5S. The number of amides is 2. The van der Waals surface area contributed by atoms with E-state index in [1.54, 1.807) is 31.4 Å². The van der Waals surface area contributed by atoms with Gasteiger partial charge in [0.15, 0.2) is 0 Å². The summed E-state index contributed by atoms with van der Waals surface area (Å²) in [5.41, 5.74) is 2.86. The van der Waals surface area contributed by atoms with Gasteiger partial charge in [-0.05, 0) is 48.4 Å². The SMILES string of the molecule is COc1ccccc1-c1ccc(C(=O)NCCCNC(=O)C2=Cc3c(Br)cccc3S2(=O)=O)cc1. The van der Waals surface area contributed by atoms with Gasteiger partial charge in [-0.1, -0.05) is 52.3 Å². The molecule has 1 aliphatic rings. The minimum atomic E-state index is -3.85. The molecule has 0 saturated heterocycles. The van der Waals surface area contributed by atoms with E-state index in [0.717, 1.165) is 16.9 Å². The summed E-state index contributed by atoms with van der Waals surface area (Å²) in [4.78, 5) is 24.8. The fraction of sp³-hybridized carbons (Fsp3) is 0.154. The highest BCUT2D eigenvalue weighted by atomic mass is 79.9. The topological polar surface area (TPSA) is 102 Å². The Morgan fingerprint density at radius 3 is 2.26 bits per heavy atom. The lowest BCUT2D eigenvalue weighted by molar-refractivity contribution is -0.116. The van der Waals surface area contributed by atoms with Gasteiger partial charge in [-0.25, -0.2) is 8.42 Å². The Bertz CT molecular complexity index is 1420. The highest BCUT2D eigenvalue weighted by molar-refractivity contribution is 9.10. The van der Waals surface area contributed by atoms with Gasteiger partial charge in [0.25, 0.3) is 11.8 Å². The number of sulfone groups is 1. The first-order chi connectivity index (χ1) is 16.8. The predicted octanol–water partition coefficient (Wildman–Crippen LogP) is 4.19. The van der Waals surface area contributed by atoms with E-state index < -0.39 is 15.7 Å². The van der Waals surface area contributed by atoms with Crippen molar-refractivity contribution in [1.29, 1.82) is 0 Å². The van der Waals surface area contributed by atoms with E-state index in [2.05, 4.69) is 26.6 Å². The molecule has 3 aromatic carbocycles. The van der Waals surface area contributed by atoms with Crippen LogP contribution in [-0.4, -0.2) is 40.4 Å². The van der Waals surface area contributed by atoms with Crippen molar-refractivity contribution in [3.63, 3.8) is 0 Å². The molecule has 9 heteroatoms. The Hall–Kier alpha value is -3.43. The van der Waals surface area contributed by atoms with E-state index >= 15 is 0 Å². The van der Waals surface area contributed by atoms with Crippen LogP contribution in [0.15, 0.2) is 81.0 Å². The number of benzene rings is 3. The number of ether oxygens (including phenoxy) is 1.